The van der Waals surface area contributed by atoms with Crippen molar-refractivity contribution in [1.29, 1.82) is 0 Å². The molecule has 0 aliphatic rings. The molecule has 2 unspecified atom stereocenters. The summed E-state index contributed by atoms with van der Waals surface area (Å²) < 4.78 is 5.86. The van der Waals surface area contributed by atoms with E-state index in [1.54, 1.807) is 0 Å². The van der Waals surface area contributed by atoms with E-state index in [1.807, 2.05) is 25.1 Å². The van der Waals surface area contributed by atoms with Crippen molar-refractivity contribution in [3.8, 4) is 5.75 Å². The summed E-state index contributed by atoms with van der Waals surface area (Å²) >= 11 is 6.11. The second kappa shape index (κ2) is 7.65. The minimum absolute atomic E-state index is 0.114. The van der Waals surface area contributed by atoms with Crippen molar-refractivity contribution in [2.45, 2.75) is 52.7 Å². The minimum Gasteiger partial charge on any atom is -0.488 e. The number of rotatable bonds is 7. The normalized spacial score (nSPS) is 14.3. The van der Waals surface area contributed by atoms with Crippen molar-refractivity contribution in [3.63, 3.8) is 0 Å². The molecule has 0 fully saturated rings. The lowest BCUT2D eigenvalue weighted by atomic mass is 10.2. The van der Waals surface area contributed by atoms with Crippen LogP contribution in [0.3, 0.4) is 0 Å². The summed E-state index contributed by atoms with van der Waals surface area (Å²) in [4.78, 5) is 0. The lowest BCUT2D eigenvalue weighted by Crippen LogP contribution is -2.35. The Morgan fingerprint density at radius 3 is 2.72 bits per heavy atom. The summed E-state index contributed by atoms with van der Waals surface area (Å²) in [6.45, 7) is 9.34. The van der Waals surface area contributed by atoms with E-state index < -0.39 is 0 Å². The van der Waals surface area contributed by atoms with Gasteiger partial charge in [-0.3, -0.25) is 0 Å². The highest BCUT2D eigenvalue weighted by molar-refractivity contribution is 6.32. The average Bonchev–Trinajstić information content (AvgIpc) is 2.32. The Morgan fingerprint density at radius 1 is 1.33 bits per heavy atom. The van der Waals surface area contributed by atoms with E-state index in [1.165, 1.54) is 12.8 Å². The van der Waals surface area contributed by atoms with Gasteiger partial charge in [0.25, 0.3) is 0 Å². The second-order valence-corrected chi connectivity index (χ2v) is 5.37. The Hall–Kier alpha value is -0.730. The Balaban J connectivity index is 2.44. The molecular weight excluding hydrogens is 246 g/mol. The summed E-state index contributed by atoms with van der Waals surface area (Å²) in [6.07, 6.45) is 2.51. The molecule has 102 valence electrons. The van der Waals surface area contributed by atoms with Crippen molar-refractivity contribution in [2.24, 2.45) is 0 Å². The van der Waals surface area contributed by atoms with Crippen LogP contribution in [0.5, 0.6) is 5.75 Å². The van der Waals surface area contributed by atoms with Crippen LogP contribution in [0.1, 0.15) is 39.2 Å². The first-order chi connectivity index (χ1) is 8.52. The fourth-order valence-corrected chi connectivity index (χ4v) is 2.02. The zero-order valence-electron chi connectivity index (χ0n) is 11.8. The lowest BCUT2D eigenvalue weighted by Gasteiger charge is -2.19. The second-order valence-electron chi connectivity index (χ2n) is 4.96. The third-order valence-electron chi connectivity index (χ3n) is 2.89. The van der Waals surface area contributed by atoms with Crippen molar-refractivity contribution in [1.82, 2.24) is 5.32 Å². The molecule has 0 bridgehead atoms. The van der Waals surface area contributed by atoms with Gasteiger partial charge in [0.1, 0.15) is 11.9 Å². The zero-order valence-corrected chi connectivity index (χ0v) is 12.6. The van der Waals surface area contributed by atoms with Crippen LogP contribution in [0.2, 0.25) is 5.02 Å². The predicted octanol–water partition coefficient (Wildman–Crippen LogP) is 4.19. The van der Waals surface area contributed by atoms with Gasteiger partial charge in [-0.1, -0.05) is 31.0 Å². The Morgan fingerprint density at radius 2 is 2.06 bits per heavy atom. The Kier molecular flexibility index (Phi) is 6.51. The molecule has 1 N–H and O–H groups in total. The Bertz CT molecular complexity index is 368. The maximum atomic E-state index is 6.11. The number of halogens is 1. The molecule has 0 saturated heterocycles. The van der Waals surface area contributed by atoms with Crippen molar-refractivity contribution < 1.29 is 4.74 Å². The van der Waals surface area contributed by atoms with Crippen LogP contribution >= 0.6 is 11.6 Å². The molecule has 1 aromatic carbocycles. The molecule has 1 aromatic rings. The smallest absolute Gasteiger partial charge is 0.138 e. The van der Waals surface area contributed by atoms with Crippen LogP contribution in [0.25, 0.3) is 0 Å². The molecule has 0 radical (unpaired) electrons. The van der Waals surface area contributed by atoms with Gasteiger partial charge in [-0.15, -0.1) is 0 Å². The molecule has 1 rings (SSSR count). The number of benzene rings is 1. The summed E-state index contributed by atoms with van der Waals surface area (Å²) in [5, 5.41) is 4.14. The third-order valence-corrected chi connectivity index (χ3v) is 3.20. The summed E-state index contributed by atoms with van der Waals surface area (Å²) in [6, 6.07) is 6.39. The molecule has 3 heteroatoms. The fraction of sp³-hybridized carbons (Fsp3) is 0.600. The van der Waals surface area contributed by atoms with E-state index in [0.717, 1.165) is 17.9 Å². The van der Waals surface area contributed by atoms with Gasteiger partial charge >= 0.3 is 0 Å². The molecule has 0 spiro atoms. The van der Waals surface area contributed by atoms with Crippen LogP contribution in [0.4, 0.5) is 0 Å². The quantitative estimate of drug-likeness (QED) is 0.801. The van der Waals surface area contributed by atoms with Gasteiger partial charge in [0.05, 0.1) is 5.02 Å². The molecule has 2 atom stereocenters. The number of hydrogen-bond acceptors (Lipinski definition) is 2. The largest absolute Gasteiger partial charge is 0.488 e. The fourth-order valence-electron chi connectivity index (χ4n) is 1.86. The van der Waals surface area contributed by atoms with Crippen LogP contribution in [0, 0.1) is 6.92 Å². The van der Waals surface area contributed by atoms with E-state index in [2.05, 4.69) is 26.1 Å². The van der Waals surface area contributed by atoms with Crippen LogP contribution in [-0.2, 0) is 0 Å². The first-order valence-corrected chi connectivity index (χ1v) is 7.07. The highest BCUT2D eigenvalue weighted by atomic mass is 35.5. The first kappa shape index (κ1) is 15.3. The molecule has 0 saturated carbocycles. The first-order valence-electron chi connectivity index (χ1n) is 6.69. The number of nitrogens with one attached hydrogen (secondary N) is 1. The SMILES string of the molecule is CCCC(C)NCC(C)Oc1cc(C)ccc1Cl. The maximum absolute atomic E-state index is 6.11. The van der Waals surface area contributed by atoms with Gasteiger partial charge in [0, 0.05) is 12.6 Å². The minimum atomic E-state index is 0.114. The molecule has 2 nitrogen and oxygen atoms in total. The van der Waals surface area contributed by atoms with Crippen LogP contribution in [0.15, 0.2) is 18.2 Å². The van der Waals surface area contributed by atoms with E-state index in [0.29, 0.717) is 11.1 Å². The van der Waals surface area contributed by atoms with Crippen LogP contribution < -0.4 is 10.1 Å². The number of hydrogen-bond donors (Lipinski definition) is 1. The van der Waals surface area contributed by atoms with E-state index in [-0.39, 0.29) is 6.10 Å². The third kappa shape index (κ3) is 5.28. The summed E-state index contributed by atoms with van der Waals surface area (Å²) in [5.74, 6) is 0.772. The molecule has 0 aromatic heterocycles. The Labute approximate surface area is 116 Å². The van der Waals surface area contributed by atoms with Gasteiger partial charge < -0.3 is 10.1 Å². The van der Waals surface area contributed by atoms with Gasteiger partial charge in [0.2, 0.25) is 0 Å². The van der Waals surface area contributed by atoms with E-state index in [9.17, 15) is 0 Å². The van der Waals surface area contributed by atoms with E-state index >= 15 is 0 Å². The van der Waals surface area contributed by atoms with Crippen LogP contribution in [-0.4, -0.2) is 18.7 Å². The lowest BCUT2D eigenvalue weighted by molar-refractivity contribution is 0.211. The molecule has 0 aliphatic carbocycles. The molecule has 18 heavy (non-hydrogen) atoms. The molecule has 0 heterocycles. The topological polar surface area (TPSA) is 21.3 Å². The van der Waals surface area contributed by atoms with Crippen molar-refractivity contribution in [3.05, 3.63) is 28.8 Å². The zero-order chi connectivity index (χ0) is 13.5. The predicted molar refractivity (Wildman–Crippen MR) is 78.7 cm³/mol. The standard InChI is InChI=1S/C15H24ClNO/c1-5-6-12(3)17-10-13(4)18-15-9-11(2)7-8-14(15)16/h7-9,12-13,17H,5-6,10H2,1-4H3. The molecular formula is C15H24ClNO. The van der Waals surface area contributed by atoms with Crippen molar-refractivity contribution >= 4 is 11.6 Å². The van der Waals surface area contributed by atoms with Gasteiger partial charge in [0.15, 0.2) is 0 Å². The highest BCUT2D eigenvalue weighted by Gasteiger charge is 2.09. The monoisotopic (exact) mass is 269 g/mol. The average molecular weight is 270 g/mol. The summed E-state index contributed by atoms with van der Waals surface area (Å²) in [5.41, 5.74) is 1.16. The maximum Gasteiger partial charge on any atom is 0.138 e. The number of aryl methyl sites for hydroxylation is 1. The van der Waals surface area contributed by atoms with E-state index in [4.69, 9.17) is 16.3 Å². The number of ether oxygens (including phenoxy) is 1. The summed E-state index contributed by atoms with van der Waals surface area (Å²) in [7, 11) is 0. The van der Waals surface area contributed by atoms with Crippen molar-refractivity contribution in [2.75, 3.05) is 6.54 Å². The van der Waals surface area contributed by atoms with Gasteiger partial charge in [-0.05, 0) is 44.9 Å². The molecule has 0 aliphatic heterocycles. The van der Waals surface area contributed by atoms with Gasteiger partial charge in [-0.25, -0.2) is 0 Å². The van der Waals surface area contributed by atoms with Gasteiger partial charge in [-0.2, -0.15) is 0 Å². The molecule has 0 amide bonds. The highest BCUT2D eigenvalue weighted by Crippen LogP contribution is 2.26.